The molecule has 0 saturated carbocycles. The van der Waals surface area contributed by atoms with Gasteiger partial charge in [-0.05, 0) is 24.6 Å². The third-order valence-electron chi connectivity index (χ3n) is 3.12. The van der Waals surface area contributed by atoms with Crippen molar-refractivity contribution in [2.24, 2.45) is 0 Å². The lowest BCUT2D eigenvalue weighted by Crippen LogP contribution is -2.45. The second-order valence-electron chi connectivity index (χ2n) is 4.34. The normalized spacial score (nSPS) is 19.3. The zero-order valence-corrected chi connectivity index (χ0v) is 10.4. The van der Waals surface area contributed by atoms with Crippen LogP contribution in [0, 0.1) is 11.3 Å². The van der Waals surface area contributed by atoms with Crippen molar-refractivity contribution in [3.05, 3.63) is 35.4 Å². The largest absolute Gasteiger partial charge is 0.375 e. The highest BCUT2D eigenvalue weighted by Gasteiger charge is 2.23. The summed E-state index contributed by atoms with van der Waals surface area (Å²) in [6.07, 6.45) is 1.03. The minimum absolute atomic E-state index is 0.0196. The molecule has 0 spiro atoms. The second kappa shape index (κ2) is 5.65. The molecular formula is C14H16N2O2. The van der Waals surface area contributed by atoms with Crippen LogP contribution in [0.25, 0.3) is 0 Å². The van der Waals surface area contributed by atoms with Gasteiger partial charge in [0.15, 0.2) is 0 Å². The quantitative estimate of drug-likeness (QED) is 0.797. The van der Waals surface area contributed by atoms with Crippen molar-refractivity contribution in [2.75, 3.05) is 19.7 Å². The molecule has 0 radical (unpaired) electrons. The molecule has 1 atom stereocenters. The first kappa shape index (κ1) is 12.6. The number of ether oxygens (including phenoxy) is 1. The van der Waals surface area contributed by atoms with E-state index in [1.54, 1.807) is 29.2 Å². The fourth-order valence-corrected chi connectivity index (χ4v) is 2.06. The molecule has 0 N–H and O–H groups in total. The second-order valence-corrected chi connectivity index (χ2v) is 4.34. The maximum atomic E-state index is 12.3. The molecule has 4 heteroatoms. The van der Waals surface area contributed by atoms with E-state index in [4.69, 9.17) is 10.00 Å². The smallest absolute Gasteiger partial charge is 0.254 e. The van der Waals surface area contributed by atoms with Crippen LogP contribution in [-0.4, -0.2) is 36.6 Å². The molecule has 1 aromatic rings. The van der Waals surface area contributed by atoms with Crippen molar-refractivity contribution in [1.82, 2.24) is 4.90 Å². The fourth-order valence-electron chi connectivity index (χ4n) is 2.06. The molecule has 1 saturated heterocycles. The number of nitriles is 1. The van der Waals surface area contributed by atoms with E-state index in [9.17, 15) is 4.79 Å². The summed E-state index contributed by atoms with van der Waals surface area (Å²) in [6.45, 7) is 3.88. The summed E-state index contributed by atoms with van der Waals surface area (Å²) in [7, 11) is 0. The van der Waals surface area contributed by atoms with Crippen molar-refractivity contribution < 1.29 is 9.53 Å². The van der Waals surface area contributed by atoms with Gasteiger partial charge in [-0.2, -0.15) is 5.26 Å². The van der Waals surface area contributed by atoms with E-state index in [-0.39, 0.29) is 12.0 Å². The SMILES string of the molecule is CCC1CN(C(=O)c2cccc(C#N)c2)CCO1. The van der Waals surface area contributed by atoms with Crippen molar-refractivity contribution in [2.45, 2.75) is 19.4 Å². The predicted octanol–water partition coefficient (Wildman–Crippen LogP) is 1.81. The average Bonchev–Trinajstić information content (AvgIpc) is 2.46. The lowest BCUT2D eigenvalue weighted by Gasteiger charge is -2.32. The van der Waals surface area contributed by atoms with Gasteiger partial charge in [0.1, 0.15) is 0 Å². The van der Waals surface area contributed by atoms with Crippen LogP contribution in [0.2, 0.25) is 0 Å². The highest BCUT2D eigenvalue weighted by Crippen LogP contribution is 2.13. The Labute approximate surface area is 107 Å². The van der Waals surface area contributed by atoms with E-state index in [1.165, 1.54) is 0 Å². The Morgan fingerprint density at radius 2 is 2.44 bits per heavy atom. The van der Waals surface area contributed by atoms with Gasteiger partial charge in [0, 0.05) is 18.7 Å². The van der Waals surface area contributed by atoms with Gasteiger partial charge in [0.05, 0.1) is 24.3 Å². The predicted molar refractivity (Wildman–Crippen MR) is 67.1 cm³/mol. The molecule has 0 aromatic heterocycles. The van der Waals surface area contributed by atoms with Crippen LogP contribution < -0.4 is 0 Å². The van der Waals surface area contributed by atoms with E-state index >= 15 is 0 Å². The van der Waals surface area contributed by atoms with Gasteiger partial charge in [-0.15, -0.1) is 0 Å². The van der Waals surface area contributed by atoms with Gasteiger partial charge in [-0.25, -0.2) is 0 Å². The highest BCUT2D eigenvalue weighted by atomic mass is 16.5. The summed E-state index contributed by atoms with van der Waals surface area (Å²) in [6, 6.07) is 8.88. The first-order chi connectivity index (χ1) is 8.74. The van der Waals surface area contributed by atoms with E-state index in [0.29, 0.717) is 30.8 Å². The molecule has 94 valence electrons. The van der Waals surface area contributed by atoms with Crippen molar-refractivity contribution in [3.63, 3.8) is 0 Å². The first-order valence-corrected chi connectivity index (χ1v) is 6.15. The van der Waals surface area contributed by atoms with Crippen LogP contribution in [0.3, 0.4) is 0 Å². The molecule has 1 aromatic carbocycles. The molecule has 18 heavy (non-hydrogen) atoms. The molecular weight excluding hydrogens is 228 g/mol. The summed E-state index contributed by atoms with van der Waals surface area (Å²) in [5.41, 5.74) is 1.09. The molecule has 0 bridgehead atoms. The van der Waals surface area contributed by atoms with Gasteiger partial charge in [0.2, 0.25) is 0 Å². The Morgan fingerprint density at radius 1 is 1.61 bits per heavy atom. The van der Waals surface area contributed by atoms with E-state index in [1.807, 2.05) is 6.07 Å². The van der Waals surface area contributed by atoms with Gasteiger partial charge in [-0.1, -0.05) is 13.0 Å². The molecule has 1 aliphatic rings. The molecule has 1 aliphatic heterocycles. The zero-order valence-electron chi connectivity index (χ0n) is 10.4. The number of hydrogen-bond donors (Lipinski definition) is 0. The Kier molecular flexibility index (Phi) is 3.96. The van der Waals surface area contributed by atoms with Gasteiger partial charge in [-0.3, -0.25) is 4.79 Å². The Bertz CT molecular complexity index is 479. The molecule has 1 heterocycles. The number of benzene rings is 1. The lowest BCUT2D eigenvalue weighted by atomic mass is 10.1. The number of hydrogen-bond acceptors (Lipinski definition) is 3. The summed E-state index contributed by atoms with van der Waals surface area (Å²) in [5, 5.41) is 8.84. The average molecular weight is 244 g/mol. The van der Waals surface area contributed by atoms with Crippen molar-refractivity contribution in [3.8, 4) is 6.07 Å². The number of nitrogens with zero attached hydrogens (tertiary/aromatic N) is 2. The van der Waals surface area contributed by atoms with E-state index in [0.717, 1.165) is 6.42 Å². The van der Waals surface area contributed by atoms with Gasteiger partial charge < -0.3 is 9.64 Å². The minimum Gasteiger partial charge on any atom is -0.375 e. The lowest BCUT2D eigenvalue weighted by molar-refractivity contribution is -0.0226. The monoisotopic (exact) mass is 244 g/mol. The molecule has 1 amide bonds. The minimum atomic E-state index is -0.0196. The number of rotatable bonds is 2. The third kappa shape index (κ3) is 2.69. The van der Waals surface area contributed by atoms with Crippen molar-refractivity contribution in [1.29, 1.82) is 5.26 Å². The van der Waals surface area contributed by atoms with Crippen LogP contribution in [0.5, 0.6) is 0 Å². The molecule has 1 unspecified atom stereocenters. The highest BCUT2D eigenvalue weighted by molar-refractivity contribution is 5.94. The summed E-state index contributed by atoms with van der Waals surface area (Å²) >= 11 is 0. The number of morpholine rings is 1. The number of carbonyl (C=O) groups excluding carboxylic acids is 1. The molecule has 1 fully saturated rings. The maximum absolute atomic E-state index is 12.3. The maximum Gasteiger partial charge on any atom is 0.254 e. The van der Waals surface area contributed by atoms with Crippen LogP contribution in [0.1, 0.15) is 29.3 Å². The summed E-state index contributed by atoms with van der Waals surface area (Å²) in [5.74, 6) is -0.0196. The van der Waals surface area contributed by atoms with Crippen molar-refractivity contribution >= 4 is 5.91 Å². The fraction of sp³-hybridized carbons (Fsp3) is 0.429. The topological polar surface area (TPSA) is 53.3 Å². The van der Waals surface area contributed by atoms with E-state index in [2.05, 4.69) is 6.92 Å². The first-order valence-electron chi connectivity index (χ1n) is 6.15. The number of amides is 1. The Hall–Kier alpha value is -1.86. The Balaban J connectivity index is 2.13. The zero-order chi connectivity index (χ0) is 13.0. The summed E-state index contributed by atoms with van der Waals surface area (Å²) in [4.78, 5) is 14.1. The van der Waals surface area contributed by atoms with Crippen LogP contribution in [0.4, 0.5) is 0 Å². The molecule has 2 rings (SSSR count). The number of carbonyl (C=O) groups is 1. The van der Waals surface area contributed by atoms with Crippen LogP contribution >= 0.6 is 0 Å². The molecule has 4 nitrogen and oxygen atoms in total. The van der Waals surface area contributed by atoms with Gasteiger partial charge >= 0.3 is 0 Å². The van der Waals surface area contributed by atoms with E-state index < -0.39 is 0 Å². The standard InChI is InChI=1S/C14H16N2O2/c1-2-13-10-16(6-7-18-13)14(17)12-5-3-4-11(8-12)9-15/h3-5,8,13H,2,6-7,10H2,1H3. The Morgan fingerprint density at radius 3 is 3.17 bits per heavy atom. The third-order valence-corrected chi connectivity index (χ3v) is 3.12. The van der Waals surface area contributed by atoms with Gasteiger partial charge in [0.25, 0.3) is 5.91 Å². The summed E-state index contributed by atoms with van der Waals surface area (Å²) < 4.78 is 5.54. The van der Waals surface area contributed by atoms with Crippen LogP contribution in [0.15, 0.2) is 24.3 Å². The van der Waals surface area contributed by atoms with Crippen LogP contribution in [-0.2, 0) is 4.74 Å². The molecule has 0 aliphatic carbocycles.